The van der Waals surface area contributed by atoms with Crippen molar-refractivity contribution in [3.63, 3.8) is 0 Å². The van der Waals surface area contributed by atoms with Crippen LogP contribution in [0.1, 0.15) is 11.1 Å². The second kappa shape index (κ2) is 10.5. The smallest absolute Gasteiger partial charge is 0.329 e. The number of aromatic hydroxyl groups is 1. The van der Waals surface area contributed by atoms with Crippen LogP contribution in [0.15, 0.2) is 41.5 Å². The molecule has 0 aliphatic carbocycles. The van der Waals surface area contributed by atoms with Gasteiger partial charge in [-0.15, -0.1) is 0 Å². The van der Waals surface area contributed by atoms with Crippen LogP contribution in [0.4, 0.5) is 0 Å². The van der Waals surface area contributed by atoms with Crippen molar-refractivity contribution in [3.8, 4) is 23.0 Å². The largest absolute Gasteiger partial charge is 0.504 e. The molecule has 0 atom stereocenters. The molecule has 2 aromatic carbocycles. The monoisotopic (exact) mass is 401 g/mol. The minimum Gasteiger partial charge on any atom is -0.504 e. The topological polar surface area (TPSA) is 118 Å². The van der Waals surface area contributed by atoms with Crippen LogP contribution in [-0.4, -0.2) is 51.0 Å². The highest BCUT2D eigenvalue weighted by molar-refractivity contribution is 6.35. The maximum absolute atomic E-state index is 11.9. The van der Waals surface area contributed by atoms with Crippen LogP contribution >= 0.6 is 0 Å². The van der Waals surface area contributed by atoms with Crippen LogP contribution in [0.3, 0.4) is 0 Å². The van der Waals surface area contributed by atoms with Crippen LogP contribution in [0.2, 0.25) is 0 Å². The number of carbonyl (C=O) groups is 2. The van der Waals surface area contributed by atoms with Crippen molar-refractivity contribution in [2.24, 2.45) is 5.10 Å². The molecule has 2 amide bonds. The van der Waals surface area contributed by atoms with E-state index in [1.807, 2.05) is 6.07 Å². The van der Waals surface area contributed by atoms with Gasteiger partial charge in [0.2, 0.25) is 0 Å². The first-order valence-corrected chi connectivity index (χ1v) is 8.68. The van der Waals surface area contributed by atoms with Crippen molar-refractivity contribution in [2.45, 2.75) is 6.42 Å². The number of nitrogens with one attached hydrogen (secondary N) is 2. The van der Waals surface area contributed by atoms with Crippen molar-refractivity contribution in [1.82, 2.24) is 10.7 Å². The Bertz CT molecular complexity index is 898. The molecule has 0 saturated carbocycles. The Labute approximate surface area is 168 Å². The third-order valence-electron chi connectivity index (χ3n) is 3.97. The van der Waals surface area contributed by atoms with Crippen molar-refractivity contribution < 1.29 is 28.9 Å². The molecule has 0 aliphatic rings. The van der Waals surface area contributed by atoms with E-state index in [2.05, 4.69) is 15.8 Å². The van der Waals surface area contributed by atoms with E-state index in [0.717, 1.165) is 5.56 Å². The van der Waals surface area contributed by atoms with Gasteiger partial charge in [-0.2, -0.15) is 5.10 Å². The van der Waals surface area contributed by atoms with Gasteiger partial charge in [0.15, 0.2) is 23.0 Å². The predicted octanol–water partition coefficient (Wildman–Crippen LogP) is 1.23. The minimum atomic E-state index is -0.920. The number of methoxy groups -OCH3 is 3. The Morgan fingerprint density at radius 3 is 2.41 bits per heavy atom. The Morgan fingerprint density at radius 2 is 1.72 bits per heavy atom. The van der Waals surface area contributed by atoms with Gasteiger partial charge in [-0.1, -0.05) is 12.1 Å². The Balaban J connectivity index is 1.83. The first-order valence-electron chi connectivity index (χ1n) is 8.68. The van der Waals surface area contributed by atoms with Crippen LogP contribution in [0.5, 0.6) is 23.0 Å². The van der Waals surface area contributed by atoms with E-state index in [1.54, 1.807) is 44.6 Å². The highest BCUT2D eigenvalue weighted by Crippen LogP contribution is 2.28. The van der Waals surface area contributed by atoms with Gasteiger partial charge in [-0.25, -0.2) is 5.43 Å². The van der Waals surface area contributed by atoms with E-state index in [9.17, 15) is 14.7 Å². The second-order valence-electron chi connectivity index (χ2n) is 5.79. The van der Waals surface area contributed by atoms with Gasteiger partial charge in [-0.3, -0.25) is 9.59 Å². The van der Waals surface area contributed by atoms with Gasteiger partial charge >= 0.3 is 11.8 Å². The number of ether oxygens (including phenoxy) is 3. The van der Waals surface area contributed by atoms with Crippen molar-refractivity contribution in [2.75, 3.05) is 27.9 Å². The van der Waals surface area contributed by atoms with Crippen LogP contribution in [-0.2, 0) is 16.0 Å². The Kier molecular flexibility index (Phi) is 7.84. The molecule has 9 heteroatoms. The highest BCUT2D eigenvalue weighted by atomic mass is 16.5. The number of hydrazone groups is 1. The lowest BCUT2D eigenvalue weighted by Crippen LogP contribution is -2.38. The zero-order valence-electron chi connectivity index (χ0n) is 16.4. The standard InChI is InChI=1S/C20H23N3O6/c1-27-15-8-7-13(11-17(15)29-3)9-10-21-19(25)20(26)23-22-12-14-5-4-6-16(28-2)18(14)24/h4-8,11-12,24H,9-10H2,1-3H3,(H,21,25)(H,23,26)/b22-12+. The average molecular weight is 401 g/mol. The van der Waals surface area contributed by atoms with E-state index in [-0.39, 0.29) is 18.0 Å². The lowest BCUT2D eigenvalue weighted by molar-refractivity contribution is -0.139. The number of nitrogens with zero attached hydrogens (tertiary/aromatic N) is 1. The number of benzene rings is 2. The number of para-hydroxylation sites is 1. The highest BCUT2D eigenvalue weighted by Gasteiger charge is 2.12. The van der Waals surface area contributed by atoms with Gasteiger partial charge in [0, 0.05) is 12.1 Å². The molecule has 0 aromatic heterocycles. The molecule has 0 radical (unpaired) electrons. The number of amides is 2. The maximum atomic E-state index is 11.9. The first kappa shape index (κ1) is 21.5. The quantitative estimate of drug-likeness (QED) is 0.348. The number of hydrogen-bond acceptors (Lipinski definition) is 7. The molecule has 0 heterocycles. The van der Waals surface area contributed by atoms with Gasteiger partial charge in [0.05, 0.1) is 27.5 Å². The number of hydrogen-bond donors (Lipinski definition) is 3. The molecule has 0 aliphatic heterocycles. The summed E-state index contributed by atoms with van der Waals surface area (Å²) in [7, 11) is 4.51. The maximum Gasteiger partial charge on any atom is 0.329 e. The van der Waals surface area contributed by atoms with Gasteiger partial charge in [-0.05, 0) is 36.2 Å². The van der Waals surface area contributed by atoms with Crippen LogP contribution in [0, 0.1) is 0 Å². The average Bonchev–Trinajstić information content (AvgIpc) is 2.74. The predicted molar refractivity (Wildman–Crippen MR) is 107 cm³/mol. The fourth-order valence-corrected chi connectivity index (χ4v) is 2.46. The summed E-state index contributed by atoms with van der Waals surface area (Å²) in [6.45, 7) is 0.252. The molecule has 0 unspecified atom stereocenters. The van der Waals surface area contributed by atoms with E-state index in [1.165, 1.54) is 13.3 Å². The van der Waals surface area contributed by atoms with Crippen LogP contribution in [0.25, 0.3) is 0 Å². The van der Waals surface area contributed by atoms with Crippen molar-refractivity contribution >= 4 is 18.0 Å². The summed E-state index contributed by atoms with van der Waals surface area (Å²) in [4.78, 5) is 23.7. The molecular formula is C20H23N3O6. The number of phenols is 1. The molecule has 0 saturated heterocycles. The first-order chi connectivity index (χ1) is 14.0. The van der Waals surface area contributed by atoms with Gasteiger partial charge in [0.1, 0.15) is 0 Å². The third-order valence-corrected chi connectivity index (χ3v) is 3.97. The summed E-state index contributed by atoms with van der Waals surface area (Å²) in [5, 5.41) is 16.1. The molecule has 3 N–H and O–H groups in total. The fraction of sp³-hybridized carbons (Fsp3) is 0.250. The minimum absolute atomic E-state index is 0.118. The number of rotatable bonds is 8. The molecule has 154 valence electrons. The molecular weight excluding hydrogens is 378 g/mol. The molecule has 0 bridgehead atoms. The third kappa shape index (κ3) is 5.86. The van der Waals surface area contributed by atoms with Crippen LogP contribution < -0.4 is 25.0 Å². The summed E-state index contributed by atoms with van der Waals surface area (Å²) in [6.07, 6.45) is 1.72. The van der Waals surface area contributed by atoms with E-state index in [4.69, 9.17) is 14.2 Å². The van der Waals surface area contributed by atoms with Crippen molar-refractivity contribution in [1.29, 1.82) is 0 Å². The summed E-state index contributed by atoms with van der Waals surface area (Å²) in [5.41, 5.74) is 3.35. The Hall–Kier alpha value is -3.75. The zero-order valence-corrected chi connectivity index (χ0v) is 16.4. The molecule has 9 nitrogen and oxygen atoms in total. The van der Waals surface area contributed by atoms with E-state index in [0.29, 0.717) is 23.5 Å². The Morgan fingerprint density at radius 1 is 1.00 bits per heavy atom. The number of carbonyl (C=O) groups excluding carboxylic acids is 2. The van der Waals surface area contributed by atoms with Gasteiger partial charge < -0.3 is 24.6 Å². The second-order valence-corrected chi connectivity index (χ2v) is 5.79. The molecule has 0 fully saturated rings. The lowest BCUT2D eigenvalue weighted by atomic mass is 10.1. The number of phenolic OH excluding ortho intramolecular Hbond substituents is 1. The lowest BCUT2D eigenvalue weighted by Gasteiger charge is -2.10. The molecule has 2 rings (SSSR count). The summed E-state index contributed by atoms with van der Waals surface area (Å²) in [6, 6.07) is 10.2. The fourth-order valence-electron chi connectivity index (χ4n) is 2.46. The normalized spacial score (nSPS) is 10.4. The SMILES string of the molecule is COc1ccc(CCNC(=O)C(=O)N/N=C/c2cccc(OC)c2O)cc1OC. The van der Waals surface area contributed by atoms with E-state index >= 15 is 0 Å². The summed E-state index contributed by atoms with van der Waals surface area (Å²) < 4.78 is 15.4. The van der Waals surface area contributed by atoms with Crippen molar-refractivity contribution in [3.05, 3.63) is 47.5 Å². The molecule has 29 heavy (non-hydrogen) atoms. The summed E-state index contributed by atoms with van der Waals surface area (Å²) >= 11 is 0. The zero-order chi connectivity index (χ0) is 21.2. The molecule has 0 spiro atoms. The molecule has 2 aromatic rings. The van der Waals surface area contributed by atoms with E-state index < -0.39 is 11.8 Å². The van der Waals surface area contributed by atoms with Gasteiger partial charge in [0.25, 0.3) is 0 Å². The summed E-state index contributed by atoms with van der Waals surface area (Å²) in [5.74, 6) is -0.391.